The largest absolute Gasteiger partial charge is 0.484 e. The van der Waals surface area contributed by atoms with Crippen LogP contribution in [0, 0.1) is 11.6 Å². The molecule has 5 aromatic rings. The molecule has 0 saturated carbocycles. The van der Waals surface area contributed by atoms with E-state index in [2.05, 4.69) is 10.0 Å². The third-order valence-corrected chi connectivity index (χ3v) is 9.16. The molecule has 0 aromatic heterocycles. The second-order valence-electron chi connectivity index (χ2n) is 11.2. The molecule has 0 unspecified atom stereocenters. The SMILES string of the molecule is O=C(NCc1ccc2c(c1)OCO2)[C@H](c1ccccc1)N(Cc1ccc(F)cc1)C(=O)COc1ccc(S(=O)(=O)Nc2ccc(F)cc2)cc1. The Morgan fingerprint density at radius 1 is 0.780 bits per heavy atom. The third kappa shape index (κ3) is 8.36. The van der Waals surface area contributed by atoms with Crippen LogP contribution in [-0.2, 0) is 32.7 Å². The predicted molar refractivity (Wildman–Crippen MR) is 180 cm³/mol. The molecule has 1 aliphatic rings. The molecule has 0 radical (unpaired) electrons. The summed E-state index contributed by atoms with van der Waals surface area (Å²) in [5, 5.41) is 2.92. The van der Waals surface area contributed by atoms with Crippen LogP contribution in [-0.4, -0.2) is 38.5 Å². The van der Waals surface area contributed by atoms with Crippen LogP contribution in [0.2, 0.25) is 0 Å². The molecular weight excluding hydrogens is 668 g/mol. The van der Waals surface area contributed by atoms with Gasteiger partial charge in [0.15, 0.2) is 18.1 Å². The Hall–Kier alpha value is -5.95. The van der Waals surface area contributed by atoms with Crippen molar-refractivity contribution in [3.63, 3.8) is 0 Å². The highest BCUT2D eigenvalue weighted by Crippen LogP contribution is 2.33. The molecule has 6 rings (SSSR count). The van der Waals surface area contributed by atoms with E-state index in [0.717, 1.165) is 17.7 Å². The zero-order valence-electron chi connectivity index (χ0n) is 26.4. The normalized spacial score (nSPS) is 12.5. The molecule has 1 heterocycles. The van der Waals surface area contributed by atoms with Gasteiger partial charge in [0.05, 0.1) is 4.90 Å². The van der Waals surface area contributed by atoms with Crippen molar-refractivity contribution in [3.05, 3.63) is 150 Å². The summed E-state index contributed by atoms with van der Waals surface area (Å²) in [6.45, 7) is -0.299. The van der Waals surface area contributed by atoms with E-state index in [1.165, 1.54) is 65.6 Å². The van der Waals surface area contributed by atoms with Crippen LogP contribution >= 0.6 is 0 Å². The number of amides is 2. The lowest BCUT2D eigenvalue weighted by Gasteiger charge is -2.31. The lowest BCUT2D eigenvalue weighted by Crippen LogP contribution is -2.45. The number of rotatable bonds is 13. The molecule has 0 bridgehead atoms. The number of halogens is 2. The van der Waals surface area contributed by atoms with Crippen LogP contribution in [0.3, 0.4) is 0 Å². The number of hydrogen-bond acceptors (Lipinski definition) is 7. The standard InChI is InChI=1S/C37H31F2N3O7S/c38-28-9-6-25(7-10-28)22-42(35(43)23-47-31-15-17-32(18-16-31)50(45,46)41-30-13-11-29(39)12-14-30)36(27-4-2-1-3-5-27)37(44)40-21-26-8-19-33-34(20-26)49-24-48-33/h1-20,36,41H,21-24H2,(H,40,44)/t36-/m0/s1. The van der Waals surface area contributed by atoms with Crippen molar-refractivity contribution in [1.82, 2.24) is 10.2 Å². The second-order valence-corrected chi connectivity index (χ2v) is 12.9. The molecule has 0 fully saturated rings. The summed E-state index contributed by atoms with van der Waals surface area (Å²) < 4.78 is 71.7. The summed E-state index contributed by atoms with van der Waals surface area (Å²) in [5.74, 6) is -0.604. The monoisotopic (exact) mass is 699 g/mol. The Labute approximate surface area is 287 Å². The van der Waals surface area contributed by atoms with Crippen molar-refractivity contribution in [3.8, 4) is 17.2 Å². The van der Waals surface area contributed by atoms with Crippen LogP contribution in [0.1, 0.15) is 22.7 Å². The Morgan fingerprint density at radius 3 is 2.12 bits per heavy atom. The molecule has 1 atom stereocenters. The second kappa shape index (κ2) is 15.1. The molecular formula is C37H31F2N3O7S. The third-order valence-electron chi connectivity index (χ3n) is 7.76. The first-order chi connectivity index (χ1) is 24.1. The summed E-state index contributed by atoms with van der Waals surface area (Å²) in [7, 11) is -3.99. The predicted octanol–water partition coefficient (Wildman–Crippen LogP) is 5.96. The molecule has 0 saturated heterocycles. The van der Waals surface area contributed by atoms with Crippen LogP contribution in [0.4, 0.5) is 14.5 Å². The number of nitrogens with one attached hydrogen (secondary N) is 2. The van der Waals surface area contributed by atoms with E-state index < -0.39 is 46.1 Å². The van der Waals surface area contributed by atoms with Gasteiger partial charge in [0, 0.05) is 18.8 Å². The van der Waals surface area contributed by atoms with E-state index in [0.29, 0.717) is 22.6 Å². The number of nitrogens with zero attached hydrogens (tertiary/aromatic N) is 1. The Morgan fingerprint density at radius 2 is 1.42 bits per heavy atom. The molecule has 13 heteroatoms. The van der Waals surface area contributed by atoms with E-state index in [4.69, 9.17) is 14.2 Å². The van der Waals surface area contributed by atoms with Gasteiger partial charge < -0.3 is 24.4 Å². The number of carbonyl (C=O) groups is 2. The molecule has 50 heavy (non-hydrogen) atoms. The van der Waals surface area contributed by atoms with Gasteiger partial charge in [0.25, 0.3) is 15.9 Å². The van der Waals surface area contributed by atoms with Gasteiger partial charge in [-0.25, -0.2) is 17.2 Å². The first kappa shape index (κ1) is 33.9. The Bertz CT molecular complexity index is 2060. The van der Waals surface area contributed by atoms with Crippen molar-refractivity contribution < 1.29 is 41.0 Å². The summed E-state index contributed by atoms with van der Waals surface area (Å²) in [5.41, 5.74) is 2.06. The van der Waals surface area contributed by atoms with Crippen LogP contribution < -0.4 is 24.2 Å². The van der Waals surface area contributed by atoms with Crippen molar-refractivity contribution in [2.75, 3.05) is 18.1 Å². The Kier molecular flexibility index (Phi) is 10.2. The lowest BCUT2D eigenvalue weighted by atomic mass is 10.0. The van der Waals surface area contributed by atoms with E-state index in [1.807, 2.05) is 0 Å². The quantitative estimate of drug-likeness (QED) is 0.156. The zero-order valence-corrected chi connectivity index (χ0v) is 27.2. The van der Waals surface area contributed by atoms with E-state index in [9.17, 15) is 26.8 Å². The average Bonchev–Trinajstić information content (AvgIpc) is 3.60. The molecule has 1 aliphatic heterocycles. The number of ether oxygens (including phenoxy) is 3. The highest BCUT2D eigenvalue weighted by molar-refractivity contribution is 7.92. The van der Waals surface area contributed by atoms with Crippen LogP contribution in [0.15, 0.2) is 126 Å². The van der Waals surface area contributed by atoms with Crippen LogP contribution in [0.25, 0.3) is 0 Å². The van der Waals surface area contributed by atoms with Crippen molar-refractivity contribution in [2.24, 2.45) is 0 Å². The molecule has 0 spiro atoms. The van der Waals surface area contributed by atoms with Gasteiger partial charge in [-0.1, -0.05) is 48.5 Å². The molecule has 0 aliphatic carbocycles. The number of sulfonamides is 1. The van der Waals surface area contributed by atoms with Gasteiger partial charge >= 0.3 is 0 Å². The minimum atomic E-state index is -3.99. The first-order valence-corrected chi connectivity index (χ1v) is 16.9. The lowest BCUT2D eigenvalue weighted by molar-refractivity contribution is -0.143. The van der Waals surface area contributed by atoms with E-state index >= 15 is 0 Å². The fraction of sp³-hybridized carbons (Fsp3) is 0.135. The van der Waals surface area contributed by atoms with Crippen molar-refractivity contribution in [1.29, 1.82) is 0 Å². The highest BCUT2D eigenvalue weighted by Gasteiger charge is 2.32. The van der Waals surface area contributed by atoms with E-state index in [1.54, 1.807) is 48.5 Å². The zero-order chi connectivity index (χ0) is 35.1. The average molecular weight is 700 g/mol. The maximum atomic E-state index is 14.0. The number of carbonyl (C=O) groups excluding carboxylic acids is 2. The highest BCUT2D eigenvalue weighted by atomic mass is 32.2. The molecule has 10 nitrogen and oxygen atoms in total. The fourth-order valence-electron chi connectivity index (χ4n) is 5.23. The van der Waals surface area contributed by atoms with Crippen LogP contribution in [0.5, 0.6) is 17.2 Å². The molecule has 2 N–H and O–H groups in total. The maximum Gasteiger partial charge on any atom is 0.261 e. The topological polar surface area (TPSA) is 123 Å². The fourth-order valence-corrected chi connectivity index (χ4v) is 6.29. The molecule has 2 amide bonds. The summed E-state index contributed by atoms with van der Waals surface area (Å²) in [6.07, 6.45) is 0. The smallest absolute Gasteiger partial charge is 0.261 e. The van der Waals surface area contributed by atoms with Crippen molar-refractivity contribution in [2.45, 2.75) is 24.0 Å². The van der Waals surface area contributed by atoms with Gasteiger partial charge in [-0.3, -0.25) is 14.3 Å². The van der Waals surface area contributed by atoms with Crippen molar-refractivity contribution >= 4 is 27.5 Å². The van der Waals surface area contributed by atoms with Gasteiger partial charge in [-0.2, -0.15) is 0 Å². The number of fused-ring (bicyclic) bond motifs is 1. The van der Waals surface area contributed by atoms with Gasteiger partial charge in [-0.15, -0.1) is 0 Å². The van der Waals surface area contributed by atoms with E-state index in [-0.39, 0.29) is 36.2 Å². The van der Waals surface area contributed by atoms with Gasteiger partial charge in [0.1, 0.15) is 23.4 Å². The van der Waals surface area contributed by atoms with Gasteiger partial charge in [0.2, 0.25) is 12.7 Å². The first-order valence-electron chi connectivity index (χ1n) is 15.4. The number of hydrogen-bond donors (Lipinski definition) is 2. The molecule has 256 valence electrons. The number of anilines is 1. The minimum absolute atomic E-state index is 0.0499. The summed E-state index contributed by atoms with van der Waals surface area (Å²) in [4.78, 5) is 29.2. The van der Waals surface area contributed by atoms with Gasteiger partial charge in [-0.05, 0) is 89.5 Å². The molecule has 5 aromatic carbocycles. The number of benzene rings is 5. The summed E-state index contributed by atoms with van der Waals surface area (Å²) >= 11 is 0. The minimum Gasteiger partial charge on any atom is -0.484 e. The maximum absolute atomic E-state index is 14.0. The summed E-state index contributed by atoms with van der Waals surface area (Å²) in [6, 6.07) is 28.9. The Balaban J connectivity index is 1.20.